The van der Waals surface area contributed by atoms with Crippen LogP contribution in [0.15, 0.2) is 24.3 Å². The standard InChI is InChI=1S/C18H26N2O3/c21-14-16-5-3-15(4-6-16)12-19-7-1-2-17(13-19)18(22)20-8-10-23-11-9-20/h3-6,17,21H,1-2,7-14H2. The fraction of sp³-hybridized carbons (Fsp3) is 0.611. The molecule has 5 heteroatoms. The molecule has 2 aliphatic heterocycles. The van der Waals surface area contributed by atoms with Crippen LogP contribution in [-0.4, -0.2) is 60.2 Å². The normalized spacial score (nSPS) is 23.0. The summed E-state index contributed by atoms with van der Waals surface area (Å²) >= 11 is 0. The SMILES string of the molecule is O=C(C1CCCN(Cc2ccc(CO)cc2)C1)N1CCOCC1. The monoisotopic (exact) mass is 318 g/mol. The number of carbonyl (C=O) groups is 1. The van der Waals surface area contributed by atoms with Crippen molar-refractivity contribution in [3.05, 3.63) is 35.4 Å². The van der Waals surface area contributed by atoms with E-state index in [0.717, 1.165) is 51.1 Å². The summed E-state index contributed by atoms with van der Waals surface area (Å²) in [5.74, 6) is 0.423. The number of carbonyl (C=O) groups excluding carboxylic acids is 1. The quantitative estimate of drug-likeness (QED) is 0.908. The Morgan fingerprint density at radius 2 is 1.83 bits per heavy atom. The average Bonchev–Trinajstić information content (AvgIpc) is 2.63. The second-order valence-electron chi connectivity index (χ2n) is 6.49. The van der Waals surface area contributed by atoms with Crippen molar-refractivity contribution in [1.82, 2.24) is 9.80 Å². The zero-order valence-corrected chi connectivity index (χ0v) is 13.6. The number of amides is 1. The van der Waals surface area contributed by atoms with Crippen LogP contribution in [0.1, 0.15) is 24.0 Å². The van der Waals surface area contributed by atoms with Gasteiger partial charge in [-0.15, -0.1) is 0 Å². The third-order valence-electron chi connectivity index (χ3n) is 4.79. The Hall–Kier alpha value is -1.43. The maximum Gasteiger partial charge on any atom is 0.227 e. The number of ether oxygens (including phenoxy) is 1. The Kier molecular flexibility index (Phi) is 5.65. The molecule has 0 aliphatic carbocycles. The van der Waals surface area contributed by atoms with Crippen molar-refractivity contribution in [2.45, 2.75) is 26.0 Å². The van der Waals surface area contributed by atoms with Crippen LogP contribution in [0.3, 0.4) is 0 Å². The molecule has 0 saturated carbocycles. The molecule has 2 heterocycles. The number of benzene rings is 1. The molecule has 1 unspecified atom stereocenters. The summed E-state index contributed by atoms with van der Waals surface area (Å²) in [6, 6.07) is 8.07. The number of aliphatic hydroxyl groups is 1. The van der Waals surface area contributed by atoms with Crippen LogP contribution in [0.5, 0.6) is 0 Å². The number of rotatable bonds is 4. The molecule has 0 radical (unpaired) electrons. The highest BCUT2D eigenvalue weighted by Gasteiger charge is 2.29. The molecule has 0 aromatic heterocycles. The van der Waals surface area contributed by atoms with E-state index in [4.69, 9.17) is 9.84 Å². The number of nitrogens with zero attached hydrogens (tertiary/aromatic N) is 2. The summed E-state index contributed by atoms with van der Waals surface area (Å²) < 4.78 is 5.33. The second-order valence-corrected chi connectivity index (χ2v) is 6.49. The van der Waals surface area contributed by atoms with E-state index in [1.807, 2.05) is 17.0 Å². The summed E-state index contributed by atoms with van der Waals surface area (Å²) in [6.45, 7) is 5.65. The van der Waals surface area contributed by atoms with Crippen molar-refractivity contribution in [3.8, 4) is 0 Å². The van der Waals surface area contributed by atoms with Gasteiger partial charge in [-0.05, 0) is 30.5 Å². The number of likely N-dealkylation sites (tertiary alicyclic amines) is 1. The Balaban J connectivity index is 1.55. The minimum absolute atomic E-state index is 0.0835. The van der Waals surface area contributed by atoms with Crippen molar-refractivity contribution in [2.24, 2.45) is 5.92 Å². The van der Waals surface area contributed by atoms with Gasteiger partial charge in [0.15, 0.2) is 0 Å². The van der Waals surface area contributed by atoms with Crippen LogP contribution in [0, 0.1) is 5.92 Å². The molecule has 0 spiro atoms. The Morgan fingerprint density at radius 3 is 2.52 bits per heavy atom. The van der Waals surface area contributed by atoms with Crippen LogP contribution in [0.2, 0.25) is 0 Å². The molecule has 126 valence electrons. The molecule has 1 N–H and O–H groups in total. The topological polar surface area (TPSA) is 53.0 Å². The first kappa shape index (κ1) is 16.4. The van der Waals surface area contributed by atoms with E-state index in [0.29, 0.717) is 19.1 Å². The predicted molar refractivity (Wildman–Crippen MR) is 87.8 cm³/mol. The number of aliphatic hydroxyl groups excluding tert-OH is 1. The van der Waals surface area contributed by atoms with Crippen molar-refractivity contribution < 1.29 is 14.6 Å². The lowest BCUT2D eigenvalue weighted by atomic mass is 9.95. The van der Waals surface area contributed by atoms with Gasteiger partial charge in [0.25, 0.3) is 0 Å². The second kappa shape index (κ2) is 7.90. The molecule has 1 amide bonds. The average molecular weight is 318 g/mol. The van der Waals surface area contributed by atoms with E-state index in [2.05, 4.69) is 17.0 Å². The van der Waals surface area contributed by atoms with Gasteiger partial charge in [0.1, 0.15) is 0 Å². The lowest BCUT2D eigenvalue weighted by Crippen LogP contribution is -2.48. The maximum absolute atomic E-state index is 12.7. The molecule has 1 aromatic carbocycles. The van der Waals surface area contributed by atoms with Crippen LogP contribution in [0.25, 0.3) is 0 Å². The van der Waals surface area contributed by atoms with E-state index in [9.17, 15) is 4.79 Å². The van der Waals surface area contributed by atoms with Crippen LogP contribution in [0.4, 0.5) is 0 Å². The van der Waals surface area contributed by atoms with E-state index >= 15 is 0 Å². The fourth-order valence-electron chi connectivity index (χ4n) is 3.45. The molecule has 5 nitrogen and oxygen atoms in total. The molecule has 23 heavy (non-hydrogen) atoms. The number of hydrogen-bond donors (Lipinski definition) is 1. The molecule has 2 saturated heterocycles. The Labute approximate surface area is 137 Å². The molecular formula is C18H26N2O3. The molecular weight excluding hydrogens is 292 g/mol. The Morgan fingerprint density at radius 1 is 1.13 bits per heavy atom. The van der Waals surface area contributed by atoms with Gasteiger partial charge in [0.2, 0.25) is 5.91 Å². The lowest BCUT2D eigenvalue weighted by Gasteiger charge is -2.36. The zero-order chi connectivity index (χ0) is 16.1. The first-order valence-electron chi connectivity index (χ1n) is 8.54. The predicted octanol–water partition coefficient (Wildman–Crippen LogP) is 1.25. The summed E-state index contributed by atoms with van der Waals surface area (Å²) in [6.07, 6.45) is 2.08. The Bertz CT molecular complexity index is 512. The molecule has 0 bridgehead atoms. The summed E-state index contributed by atoms with van der Waals surface area (Å²) in [5, 5.41) is 9.11. The maximum atomic E-state index is 12.7. The third-order valence-corrected chi connectivity index (χ3v) is 4.79. The van der Waals surface area contributed by atoms with E-state index < -0.39 is 0 Å². The van der Waals surface area contributed by atoms with Gasteiger partial charge >= 0.3 is 0 Å². The van der Waals surface area contributed by atoms with E-state index in [-0.39, 0.29) is 12.5 Å². The van der Waals surface area contributed by atoms with Crippen LogP contribution >= 0.6 is 0 Å². The minimum Gasteiger partial charge on any atom is -0.392 e. The smallest absolute Gasteiger partial charge is 0.227 e. The summed E-state index contributed by atoms with van der Waals surface area (Å²) in [7, 11) is 0. The summed E-state index contributed by atoms with van der Waals surface area (Å²) in [5.41, 5.74) is 2.18. The van der Waals surface area contributed by atoms with Gasteiger partial charge in [-0.2, -0.15) is 0 Å². The van der Waals surface area contributed by atoms with E-state index in [1.165, 1.54) is 5.56 Å². The minimum atomic E-state index is 0.0835. The van der Waals surface area contributed by atoms with Gasteiger partial charge in [-0.3, -0.25) is 9.69 Å². The highest BCUT2D eigenvalue weighted by Crippen LogP contribution is 2.21. The lowest BCUT2D eigenvalue weighted by molar-refractivity contribution is -0.141. The van der Waals surface area contributed by atoms with Gasteiger partial charge < -0.3 is 14.7 Å². The highest BCUT2D eigenvalue weighted by molar-refractivity contribution is 5.79. The third kappa shape index (κ3) is 4.31. The molecule has 1 atom stereocenters. The number of morpholine rings is 1. The van der Waals surface area contributed by atoms with Crippen LogP contribution < -0.4 is 0 Å². The number of hydrogen-bond acceptors (Lipinski definition) is 4. The molecule has 2 fully saturated rings. The van der Waals surface area contributed by atoms with Gasteiger partial charge in [0, 0.05) is 26.2 Å². The van der Waals surface area contributed by atoms with Crippen molar-refractivity contribution in [3.63, 3.8) is 0 Å². The van der Waals surface area contributed by atoms with Crippen LogP contribution in [-0.2, 0) is 22.7 Å². The number of piperidine rings is 1. The first-order valence-corrected chi connectivity index (χ1v) is 8.54. The molecule has 2 aliphatic rings. The zero-order valence-electron chi connectivity index (χ0n) is 13.6. The highest BCUT2D eigenvalue weighted by atomic mass is 16.5. The van der Waals surface area contributed by atoms with Gasteiger partial charge in [-0.1, -0.05) is 24.3 Å². The van der Waals surface area contributed by atoms with Gasteiger partial charge in [0.05, 0.1) is 25.7 Å². The van der Waals surface area contributed by atoms with E-state index in [1.54, 1.807) is 0 Å². The van der Waals surface area contributed by atoms with Crippen molar-refractivity contribution >= 4 is 5.91 Å². The van der Waals surface area contributed by atoms with Crippen molar-refractivity contribution in [2.75, 3.05) is 39.4 Å². The van der Waals surface area contributed by atoms with Gasteiger partial charge in [-0.25, -0.2) is 0 Å². The van der Waals surface area contributed by atoms with Crippen molar-refractivity contribution in [1.29, 1.82) is 0 Å². The molecule has 3 rings (SSSR count). The molecule has 1 aromatic rings. The first-order chi connectivity index (χ1) is 11.3. The largest absolute Gasteiger partial charge is 0.392 e. The fourth-order valence-corrected chi connectivity index (χ4v) is 3.45. The summed E-state index contributed by atoms with van der Waals surface area (Å²) in [4.78, 5) is 17.0.